The summed E-state index contributed by atoms with van der Waals surface area (Å²) in [5.74, 6) is -2.50. The number of aryl methyl sites for hydroxylation is 1. The number of hydrogen-bond acceptors (Lipinski definition) is 7. The largest absolute Gasteiger partial charge is 0.401 e. The van der Waals surface area contributed by atoms with E-state index in [2.05, 4.69) is 10.1 Å². The molecule has 12 heteroatoms. The van der Waals surface area contributed by atoms with E-state index in [-0.39, 0.29) is 0 Å². The number of primary sulfonamides is 1. The summed E-state index contributed by atoms with van der Waals surface area (Å²) in [6.07, 6.45) is 0.960. The van der Waals surface area contributed by atoms with Crippen molar-refractivity contribution in [2.24, 2.45) is 12.2 Å². The van der Waals surface area contributed by atoms with Crippen LogP contribution in [0.3, 0.4) is 0 Å². The Hall–Kier alpha value is -1.53. The lowest BCUT2D eigenvalue weighted by molar-refractivity contribution is -0.392. The van der Waals surface area contributed by atoms with Gasteiger partial charge in [-0.25, -0.2) is 22.0 Å². The van der Waals surface area contributed by atoms with Gasteiger partial charge >= 0.3 is 5.82 Å². The molecule has 0 spiro atoms. The molecule has 1 aromatic rings. The quantitative estimate of drug-likeness (QED) is 0.506. The lowest BCUT2D eigenvalue weighted by Crippen LogP contribution is -2.24. The topological polar surface area (TPSA) is 155 Å². The summed E-state index contributed by atoms with van der Waals surface area (Å²) in [4.78, 5) is 13.0. The summed E-state index contributed by atoms with van der Waals surface area (Å²) in [6, 6.07) is 0. The molecule has 18 heavy (non-hydrogen) atoms. The highest BCUT2D eigenvalue weighted by molar-refractivity contribution is 7.94. The summed E-state index contributed by atoms with van der Waals surface area (Å²) >= 11 is 0. The summed E-state index contributed by atoms with van der Waals surface area (Å²) in [5.41, 5.74) is 0. The Balaban J connectivity index is 3.21. The Morgan fingerprint density at radius 3 is 2.39 bits per heavy atom. The zero-order chi connectivity index (χ0) is 14.1. The number of hydrogen-bond donors (Lipinski definition) is 1. The van der Waals surface area contributed by atoms with Gasteiger partial charge in [0.2, 0.25) is 31.2 Å². The van der Waals surface area contributed by atoms with E-state index in [1.165, 1.54) is 7.05 Å². The third kappa shape index (κ3) is 3.24. The maximum atomic E-state index is 11.8. The normalized spacial score (nSPS) is 12.6. The van der Waals surface area contributed by atoms with Crippen molar-refractivity contribution in [2.75, 3.05) is 11.5 Å². The first kappa shape index (κ1) is 14.5. The van der Waals surface area contributed by atoms with Gasteiger partial charge in [-0.05, 0) is 9.91 Å². The van der Waals surface area contributed by atoms with Crippen molar-refractivity contribution in [3.05, 3.63) is 16.4 Å². The predicted octanol–water partition coefficient (Wildman–Crippen LogP) is -1.61. The molecule has 0 aliphatic carbocycles. The monoisotopic (exact) mass is 298 g/mol. The van der Waals surface area contributed by atoms with E-state index in [0.29, 0.717) is 0 Å². The first-order chi connectivity index (χ1) is 8.04. The maximum Gasteiger partial charge on any atom is 0.401 e. The number of aromatic nitrogens is 2. The Morgan fingerprint density at radius 1 is 1.39 bits per heavy atom. The molecule has 1 aromatic heterocycles. The molecule has 0 atom stereocenters. The third-order valence-corrected chi connectivity index (χ3v) is 4.80. The average molecular weight is 298 g/mol. The van der Waals surface area contributed by atoms with Crippen molar-refractivity contribution in [1.82, 2.24) is 9.55 Å². The van der Waals surface area contributed by atoms with Gasteiger partial charge in [0.15, 0.2) is 0 Å². The van der Waals surface area contributed by atoms with Crippen molar-refractivity contribution >= 4 is 25.7 Å². The van der Waals surface area contributed by atoms with Gasteiger partial charge in [0.1, 0.15) is 0 Å². The lowest BCUT2D eigenvalue weighted by atomic mass is 10.8. The summed E-state index contributed by atoms with van der Waals surface area (Å²) < 4.78 is 46.0. The molecule has 10 nitrogen and oxygen atoms in total. The molecule has 0 aliphatic rings. The van der Waals surface area contributed by atoms with Gasteiger partial charge < -0.3 is 10.1 Å². The smallest absolute Gasteiger partial charge is 0.358 e. The zero-order valence-corrected chi connectivity index (χ0v) is 10.8. The number of sulfonamides is 1. The van der Waals surface area contributed by atoms with Crippen LogP contribution in [0.15, 0.2) is 11.4 Å². The van der Waals surface area contributed by atoms with E-state index in [9.17, 15) is 26.9 Å². The summed E-state index contributed by atoms with van der Waals surface area (Å²) in [6.45, 7) is 0. The second kappa shape index (κ2) is 4.62. The van der Waals surface area contributed by atoms with Gasteiger partial charge in [0.25, 0.3) is 0 Å². The molecule has 0 aromatic carbocycles. The van der Waals surface area contributed by atoms with E-state index in [1.54, 1.807) is 0 Å². The van der Waals surface area contributed by atoms with Gasteiger partial charge in [0, 0.05) is 7.05 Å². The van der Waals surface area contributed by atoms with Gasteiger partial charge in [-0.1, -0.05) is 0 Å². The molecule has 1 heterocycles. The van der Waals surface area contributed by atoms with Crippen molar-refractivity contribution in [2.45, 2.75) is 5.03 Å². The molecule has 1 rings (SSSR count). The van der Waals surface area contributed by atoms with E-state index in [4.69, 9.17) is 0 Å². The number of imidazole rings is 1. The number of nitro groups is 1. The first-order valence-electron chi connectivity index (χ1n) is 4.43. The van der Waals surface area contributed by atoms with Crippen LogP contribution in [-0.2, 0) is 26.9 Å². The third-order valence-electron chi connectivity index (χ3n) is 1.97. The van der Waals surface area contributed by atoms with Crippen LogP contribution in [0.2, 0.25) is 0 Å². The SMILES string of the molecule is Cn1cnc([N+](=O)[O-])c1S(=O)(=O)CCS(N)(=O)=O. The van der Waals surface area contributed by atoms with Crippen LogP contribution in [0, 0.1) is 10.1 Å². The minimum Gasteiger partial charge on any atom is -0.358 e. The van der Waals surface area contributed by atoms with Crippen molar-refractivity contribution in [3.8, 4) is 0 Å². The van der Waals surface area contributed by atoms with Gasteiger partial charge in [0.05, 0.1) is 11.5 Å². The average Bonchev–Trinajstić information content (AvgIpc) is 2.57. The molecule has 102 valence electrons. The molecular weight excluding hydrogens is 288 g/mol. The lowest BCUT2D eigenvalue weighted by Gasteiger charge is -2.03. The molecule has 0 amide bonds. The fourth-order valence-electron chi connectivity index (χ4n) is 1.21. The van der Waals surface area contributed by atoms with Gasteiger partial charge in [-0.15, -0.1) is 0 Å². The van der Waals surface area contributed by atoms with Crippen LogP contribution >= 0.6 is 0 Å². The van der Waals surface area contributed by atoms with Crippen LogP contribution in [-0.4, -0.2) is 42.8 Å². The van der Waals surface area contributed by atoms with Gasteiger partial charge in [-0.2, -0.15) is 0 Å². The second-order valence-electron chi connectivity index (χ2n) is 3.43. The molecular formula is C6H10N4O6S2. The minimum atomic E-state index is -4.16. The van der Waals surface area contributed by atoms with E-state index >= 15 is 0 Å². The van der Waals surface area contributed by atoms with Crippen molar-refractivity contribution < 1.29 is 21.8 Å². The summed E-state index contributed by atoms with van der Waals surface area (Å²) in [5, 5.41) is 14.6. The molecule has 0 bridgehead atoms. The molecule has 0 saturated heterocycles. The molecule has 0 aliphatic heterocycles. The van der Waals surface area contributed by atoms with E-state index in [0.717, 1.165) is 10.9 Å². The van der Waals surface area contributed by atoms with Crippen LogP contribution in [0.4, 0.5) is 5.82 Å². The number of nitrogens with zero attached hydrogens (tertiary/aromatic N) is 3. The van der Waals surface area contributed by atoms with Gasteiger partial charge in [-0.3, -0.25) is 4.57 Å². The standard InChI is InChI=1S/C6H10N4O6S2/c1-9-4-8-5(10(11)12)6(9)17(13,14)2-3-18(7,15)16/h4H,2-3H2,1H3,(H2,7,15,16). The highest BCUT2D eigenvalue weighted by Crippen LogP contribution is 2.22. The number of rotatable bonds is 5. The van der Waals surface area contributed by atoms with Crippen LogP contribution in [0.25, 0.3) is 0 Å². The molecule has 2 N–H and O–H groups in total. The molecule has 0 saturated carbocycles. The molecule has 0 fully saturated rings. The Bertz CT molecular complexity index is 673. The fraction of sp³-hybridized carbons (Fsp3) is 0.500. The maximum absolute atomic E-state index is 11.8. The zero-order valence-electron chi connectivity index (χ0n) is 9.18. The minimum absolute atomic E-state index is 0.642. The molecule has 0 radical (unpaired) electrons. The van der Waals surface area contributed by atoms with Crippen LogP contribution < -0.4 is 5.14 Å². The Labute approximate surface area is 103 Å². The highest BCUT2D eigenvalue weighted by atomic mass is 32.2. The Morgan fingerprint density at radius 2 is 1.94 bits per heavy atom. The summed E-state index contributed by atoms with van der Waals surface area (Å²) in [7, 11) is -6.88. The van der Waals surface area contributed by atoms with Crippen LogP contribution in [0.5, 0.6) is 0 Å². The Kier molecular flexibility index (Phi) is 3.73. The highest BCUT2D eigenvalue weighted by Gasteiger charge is 2.32. The number of sulfone groups is 1. The van der Waals surface area contributed by atoms with Crippen molar-refractivity contribution in [3.63, 3.8) is 0 Å². The van der Waals surface area contributed by atoms with Crippen LogP contribution in [0.1, 0.15) is 0 Å². The fourth-order valence-corrected chi connectivity index (χ4v) is 4.10. The number of nitrogens with two attached hydrogens (primary N) is 1. The van der Waals surface area contributed by atoms with E-state index in [1.807, 2.05) is 0 Å². The van der Waals surface area contributed by atoms with E-state index < -0.39 is 47.1 Å². The second-order valence-corrected chi connectivity index (χ2v) is 7.19. The molecule has 0 unspecified atom stereocenters. The predicted molar refractivity (Wildman–Crippen MR) is 59.9 cm³/mol. The first-order valence-corrected chi connectivity index (χ1v) is 7.80. The van der Waals surface area contributed by atoms with Crippen molar-refractivity contribution in [1.29, 1.82) is 0 Å².